The van der Waals surface area contributed by atoms with Crippen LogP contribution >= 0.6 is 0 Å². The second kappa shape index (κ2) is 4.83. The maximum absolute atomic E-state index is 5.99. The molecular weight excluding hydrogens is 150 g/mol. The first kappa shape index (κ1) is 10.0. The molecule has 2 N–H and O–H groups in total. The third kappa shape index (κ3) is 4.07. The summed E-state index contributed by atoms with van der Waals surface area (Å²) in [6.07, 6.45) is 5.16. The summed E-state index contributed by atoms with van der Waals surface area (Å²) in [5, 5.41) is 0. The zero-order chi connectivity index (χ0) is 8.97. The van der Waals surface area contributed by atoms with Gasteiger partial charge in [-0.3, -0.25) is 0 Å². The van der Waals surface area contributed by atoms with Crippen molar-refractivity contribution < 1.29 is 4.74 Å². The van der Waals surface area contributed by atoms with Gasteiger partial charge in [-0.1, -0.05) is 19.8 Å². The summed E-state index contributed by atoms with van der Waals surface area (Å²) in [4.78, 5) is 0. The summed E-state index contributed by atoms with van der Waals surface area (Å²) >= 11 is 0. The van der Waals surface area contributed by atoms with E-state index in [2.05, 4.69) is 6.92 Å². The van der Waals surface area contributed by atoms with Gasteiger partial charge in [0.15, 0.2) is 0 Å². The highest BCUT2D eigenvalue weighted by Crippen LogP contribution is 2.34. The fraction of sp³-hybridized carbons (Fsp3) is 1.00. The van der Waals surface area contributed by atoms with Crippen LogP contribution in [0.3, 0.4) is 0 Å². The van der Waals surface area contributed by atoms with E-state index < -0.39 is 0 Å². The van der Waals surface area contributed by atoms with Gasteiger partial charge in [-0.05, 0) is 24.7 Å². The van der Waals surface area contributed by atoms with Gasteiger partial charge in [0.25, 0.3) is 0 Å². The van der Waals surface area contributed by atoms with Crippen LogP contribution in [-0.4, -0.2) is 19.8 Å². The van der Waals surface area contributed by atoms with Crippen molar-refractivity contribution >= 4 is 0 Å². The van der Waals surface area contributed by atoms with E-state index in [4.69, 9.17) is 10.5 Å². The average molecular weight is 171 g/mol. The highest BCUT2D eigenvalue weighted by Gasteiger charge is 2.24. The van der Waals surface area contributed by atoms with E-state index in [0.29, 0.717) is 12.0 Å². The Kier molecular flexibility index (Phi) is 4.02. The van der Waals surface area contributed by atoms with Crippen molar-refractivity contribution in [3.05, 3.63) is 0 Å². The van der Waals surface area contributed by atoms with Gasteiger partial charge in [0.05, 0.1) is 0 Å². The first-order valence-electron chi connectivity index (χ1n) is 4.97. The van der Waals surface area contributed by atoms with E-state index >= 15 is 0 Å². The fourth-order valence-electron chi connectivity index (χ4n) is 1.75. The predicted octanol–water partition coefficient (Wildman–Crippen LogP) is 1.79. The van der Waals surface area contributed by atoms with Gasteiger partial charge in [-0.2, -0.15) is 0 Å². The highest BCUT2D eigenvalue weighted by molar-refractivity contribution is 4.79. The quantitative estimate of drug-likeness (QED) is 0.661. The standard InChI is InChI=1S/C10H21NO/c1-8(7-12-2)5-10(11)6-9-3-4-9/h8-10H,3-7,11H2,1-2H3. The Hall–Kier alpha value is -0.0800. The Balaban J connectivity index is 2.02. The summed E-state index contributed by atoms with van der Waals surface area (Å²) < 4.78 is 5.07. The van der Waals surface area contributed by atoms with Crippen LogP contribution in [0.2, 0.25) is 0 Å². The number of nitrogens with two attached hydrogens (primary N) is 1. The number of rotatable bonds is 6. The highest BCUT2D eigenvalue weighted by atomic mass is 16.5. The molecule has 0 bridgehead atoms. The lowest BCUT2D eigenvalue weighted by molar-refractivity contribution is 0.151. The molecule has 0 aromatic heterocycles. The minimum atomic E-state index is 0.405. The molecule has 1 fully saturated rings. The van der Waals surface area contributed by atoms with Crippen LogP contribution in [0.5, 0.6) is 0 Å². The van der Waals surface area contributed by atoms with Gasteiger partial charge in [-0.25, -0.2) is 0 Å². The third-order valence-electron chi connectivity index (χ3n) is 2.49. The Morgan fingerprint density at radius 2 is 2.17 bits per heavy atom. The van der Waals surface area contributed by atoms with Gasteiger partial charge < -0.3 is 10.5 Å². The van der Waals surface area contributed by atoms with Crippen molar-refractivity contribution in [2.24, 2.45) is 17.6 Å². The van der Waals surface area contributed by atoms with Gasteiger partial charge in [-0.15, -0.1) is 0 Å². The van der Waals surface area contributed by atoms with Crippen LogP contribution in [-0.2, 0) is 4.74 Å². The molecule has 0 heterocycles. The van der Waals surface area contributed by atoms with Crippen molar-refractivity contribution in [3.63, 3.8) is 0 Å². The molecule has 12 heavy (non-hydrogen) atoms. The molecule has 0 aliphatic heterocycles. The molecule has 1 rings (SSSR count). The lowest BCUT2D eigenvalue weighted by Gasteiger charge is -2.15. The fourth-order valence-corrected chi connectivity index (χ4v) is 1.75. The molecule has 72 valence electrons. The number of ether oxygens (including phenoxy) is 1. The molecule has 2 unspecified atom stereocenters. The van der Waals surface area contributed by atoms with Crippen LogP contribution < -0.4 is 5.73 Å². The van der Waals surface area contributed by atoms with Crippen molar-refractivity contribution in [3.8, 4) is 0 Å². The van der Waals surface area contributed by atoms with Gasteiger partial charge in [0.1, 0.15) is 0 Å². The van der Waals surface area contributed by atoms with E-state index in [1.54, 1.807) is 7.11 Å². The molecule has 1 aliphatic rings. The topological polar surface area (TPSA) is 35.2 Å². The number of methoxy groups -OCH3 is 1. The normalized spacial score (nSPS) is 22.2. The first-order chi connectivity index (χ1) is 5.72. The largest absolute Gasteiger partial charge is 0.384 e. The van der Waals surface area contributed by atoms with Crippen LogP contribution in [0.4, 0.5) is 0 Å². The smallest absolute Gasteiger partial charge is 0.0488 e. The zero-order valence-corrected chi connectivity index (χ0v) is 8.25. The molecule has 0 spiro atoms. The van der Waals surface area contributed by atoms with Gasteiger partial charge in [0, 0.05) is 19.8 Å². The zero-order valence-electron chi connectivity index (χ0n) is 8.25. The summed E-state index contributed by atoms with van der Waals surface area (Å²) in [5.41, 5.74) is 5.99. The third-order valence-corrected chi connectivity index (χ3v) is 2.49. The molecule has 2 atom stereocenters. The molecule has 1 aliphatic carbocycles. The Morgan fingerprint density at radius 3 is 2.67 bits per heavy atom. The summed E-state index contributed by atoms with van der Waals surface area (Å²) in [6, 6.07) is 0.405. The maximum atomic E-state index is 5.99. The molecule has 0 radical (unpaired) electrons. The molecule has 1 saturated carbocycles. The van der Waals surface area contributed by atoms with E-state index in [9.17, 15) is 0 Å². The Labute approximate surface area is 75.5 Å². The predicted molar refractivity (Wildman–Crippen MR) is 51.0 cm³/mol. The first-order valence-corrected chi connectivity index (χ1v) is 4.97. The summed E-state index contributed by atoms with van der Waals surface area (Å²) in [7, 11) is 1.75. The van der Waals surface area contributed by atoms with Crippen LogP contribution in [0.25, 0.3) is 0 Å². The van der Waals surface area contributed by atoms with Crippen molar-refractivity contribution in [2.75, 3.05) is 13.7 Å². The van der Waals surface area contributed by atoms with Gasteiger partial charge in [0.2, 0.25) is 0 Å². The van der Waals surface area contributed by atoms with Crippen molar-refractivity contribution in [2.45, 2.75) is 38.6 Å². The Morgan fingerprint density at radius 1 is 1.50 bits per heavy atom. The Bertz CT molecular complexity index is 123. The van der Waals surface area contributed by atoms with E-state index in [0.717, 1.165) is 18.9 Å². The SMILES string of the molecule is COCC(C)CC(N)CC1CC1. The lowest BCUT2D eigenvalue weighted by Crippen LogP contribution is -2.24. The van der Waals surface area contributed by atoms with Crippen LogP contribution in [0.15, 0.2) is 0 Å². The number of hydrogen-bond donors (Lipinski definition) is 1. The molecular formula is C10H21NO. The molecule has 0 amide bonds. The lowest BCUT2D eigenvalue weighted by atomic mass is 9.99. The molecule has 0 saturated heterocycles. The van der Waals surface area contributed by atoms with E-state index in [1.165, 1.54) is 19.3 Å². The molecule has 2 nitrogen and oxygen atoms in total. The average Bonchev–Trinajstić information content (AvgIpc) is 2.71. The molecule has 0 aromatic carbocycles. The van der Waals surface area contributed by atoms with Crippen LogP contribution in [0.1, 0.15) is 32.6 Å². The second-order valence-electron chi connectivity index (χ2n) is 4.24. The van der Waals surface area contributed by atoms with Crippen molar-refractivity contribution in [1.82, 2.24) is 0 Å². The maximum Gasteiger partial charge on any atom is 0.0488 e. The minimum Gasteiger partial charge on any atom is -0.384 e. The van der Waals surface area contributed by atoms with E-state index in [-0.39, 0.29) is 0 Å². The monoisotopic (exact) mass is 171 g/mol. The molecule has 0 aromatic rings. The van der Waals surface area contributed by atoms with E-state index in [1.807, 2.05) is 0 Å². The van der Waals surface area contributed by atoms with Gasteiger partial charge >= 0.3 is 0 Å². The van der Waals surface area contributed by atoms with Crippen molar-refractivity contribution in [1.29, 1.82) is 0 Å². The second-order valence-corrected chi connectivity index (χ2v) is 4.24. The summed E-state index contributed by atoms with van der Waals surface area (Å²) in [6.45, 7) is 3.05. The van der Waals surface area contributed by atoms with Crippen LogP contribution in [0, 0.1) is 11.8 Å². The summed E-state index contributed by atoms with van der Waals surface area (Å²) in [5.74, 6) is 1.57. The molecule has 2 heteroatoms. The number of hydrogen-bond acceptors (Lipinski definition) is 2. The minimum absolute atomic E-state index is 0.405.